The van der Waals surface area contributed by atoms with Gasteiger partial charge in [0.2, 0.25) is 0 Å². The van der Waals surface area contributed by atoms with Gasteiger partial charge < -0.3 is 14.8 Å². The third-order valence-electron chi connectivity index (χ3n) is 3.40. The van der Waals surface area contributed by atoms with Crippen LogP contribution in [0.25, 0.3) is 0 Å². The van der Waals surface area contributed by atoms with E-state index in [1.807, 2.05) is 0 Å². The summed E-state index contributed by atoms with van der Waals surface area (Å²) in [6.07, 6.45) is 6.80. The lowest BCUT2D eigenvalue weighted by Gasteiger charge is -2.23. The zero-order valence-electron chi connectivity index (χ0n) is 9.54. The third-order valence-corrected chi connectivity index (χ3v) is 3.40. The van der Waals surface area contributed by atoms with E-state index in [1.54, 1.807) is 0 Å². The molecule has 2 heterocycles. The van der Waals surface area contributed by atoms with Gasteiger partial charge >= 0.3 is 0 Å². The van der Waals surface area contributed by atoms with Crippen LogP contribution >= 0.6 is 0 Å². The van der Waals surface area contributed by atoms with E-state index >= 15 is 0 Å². The molecule has 2 atom stereocenters. The minimum Gasteiger partial charge on any atom is -0.381 e. The van der Waals surface area contributed by atoms with Crippen molar-refractivity contribution in [1.29, 1.82) is 0 Å². The van der Waals surface area contributed by atoms with Crippen molar-refractivity contribution in [1.82, 2.24) is 5.32 Å². The largest absolute Gasteiger partial charge is 0.381 e. The van der Waals surface area contributed by atoms with Crippen LogP contribution in [-0.2, 0) is 9.47 Å². The van der Waals surface area contributed by atoms with Crippen LogP contribution in [0.15, 0.2) is 0 Å². The van der Waals surface area contributed by atoms with Crippen LogP contribution in [0.1, 0.15) is 32.1 Å². The zero-order valence-corrected chi connectivity index (χ0v) is 9.54. The molecule has 3 nitrogen and oxygen atoms in total. The second-order valence-electron chi connectivity index (χ2n) is 4.71. The molecule has 0 aromatic carbocycles. The average Bonchev–Trinajstić information content (AvgIpc) is 2.79. The van der Waals surface area contributed by atoms with Crippen molar-refractivity contribution in [2.45, 2.75) is 38.2 Å². The predicted octanol–water partition coefficient (Wildman–Crippen LogP) is 1.57. The number of nitrogens with one attached hydrogen (secondary N) is 1. The number of hydrogen-bond acceptors (Lipinski definition) is 3. The molecular formula is C12H23NO2. The first-order valence-electron chi connectivity index (χ1n) is 6.35. The second kappa shape index (κ2) is 6.46. The molecule has 0 spiro atoms. The van der Waals surface area contributed by atoms with E-state index in [2.05, 4.69) is 5.32 Å². The van der Waals surface area contributed by atoms with E-state index in [4.69, 9.17) is 9.47 Å². The standard InChI is InChI=1S/C12H23NO2/c1-2-7-15-12(3-1)9-13-6-4-11-5-8-14-10-11/h11-13H,1-10H2. The minimum absolute atomic E-state index is 0.471. The molecule has 0 aliphatic carbocycles. The molecule has 0 radical (unpaired) electrons. The summed E-state index contributed by atoms with van der Waals surface area (Å²) in [5.74, 6) is 0.796. The Labute approximate surface area is 92.5 Å². The molecule has 0 bridgehead atoms. The Hall–Kier alpha value is -0.120. The third kappa shape index (κ3) is 4.09. The lowest BCUT2D eigenvalue weighted by Crippen LogP contribution is -2.32. The minimum atomic E-state index is 0.471. The van der Waals surface area contributed by atoms with Crippen molar-refractivity contribution in [3.05, 3.63) is 0 Å². The van der Waals surface area contributed by atoms with Crippen LogP contribution in [0.2, 0.25) is 0 Å². The number of rotatable bonds is 5. The molecule has 2 saturated heterocycles. The van der Waals surface area contributed by atoms with Gasteiger partial charge in [-0.25, -0.2) is 0 Å². The highest BCUT2D eigenvalue weighted by molar-refractivity contribution is 4.69. The maximum absolute atomic E-state index is 5.66. The lowest BCUT2D eigenvalue weighted by molar-refractivity contribution is 0.0169. The van der Waals surface area contributed by atoms with Crippen LogP contribution in [0, 0.1) is 5.92 Å². The van der Waals surface area contributed by atoms with Gasteiger partial charge in [0.05, 0.1) is 6.10 Å². The fourth-order valence-corrected chi connectivity index (χ4v) is 2.35. The van der Waals surface area contributed by atoms with E-state index in [0.29, 0.717) is 6.10 Å². The number of ether oxygens (including phenoxy) is 2. The summed E-state index contributed by atoms with van der Waals surface area (Å²) in [5, 5.41) is 3.50. The highest BCUT2D eigenvalue weighted by Crippen LogP contribution is 2.15. The predicted molar refractivity (Wildman–Crippen MR) is 60.0 cm³/mol. The molecule has 2 aliphatic heterocycles. The fraction of sp³-hybridized carbons (Fsp3) is 1.00. The molecule has 2 aliphatic rings. The van der Waals surface area contributed by atoms with Crippen molar-refractivity contribution < 1.29 is 9.47 Å². The van der Waals surface area contributed by atoms with E-state index in [0.717, 1.165) is 38.8 Å². The quantitative estimate of drug-likeness (QED) is 0.703. The topological polar surface area (TPSA) is 30.5 Å². The SMILES string of the molecule is C1CCC(CNCCC2CCOC2)OC1. The Balaban J connectivity index is 1.47. The van der Waals surface area contributed by atoms with E-state index in [-0.39, 0.29) is 0 Å². The van der Waals surface area contributed by atoms with E-state index < -0.39 is 0 Å². The summed E-state index contributed by atoms with van der Waals surface area (Å²) < 4.78 is 11.0. The van der Waals surface area contributed by atoms with Gasteiger partial charge in [0.15, 0.2) is 0 Å². The molecule has 3 heteroatoms. The van der Waals surface area contributed by atoms with Crippen LogP contribution in [0.4, 0.5) is 0 Å². The van der Waals surface area contributed by atoms with Gasteiger partial charge in [0.25, 0.3) is 0 Å². The van der Waals surface area contributed by atoms with Gasteiger partial charge in [-0.3, -0.25) is 0 Å². The highest BCUT2D eigenvalue weighted by atomic mass is 16.5. The maximum Gasteiger partial charge on any atom is 0.0699 e. The molecule has 2 fully saturated rings. The first-order valence-corrected chi connectivity index (χ1v) is 6.35. The van der Waals surface area contributed by atoms with Crippen LogP contribution < -0.4 is 5.32 Å². The lowest BCUT2D eigenvalue weighted by atomic mass is 10.1. The Morgan fingerprint density at radius 2 is 2.13 bits per heavy atom. The molecule has 2 unspecified atom stereocenters. The summed E-state index contributed by atoms with van der Waals surface area (Å²) >= 11 is 0. The molecule has 15 heavy (non-hydrogen) atoms. The maximum atomic E-state index is 5.66. The Bertz CT molecular complexity index is 163. The van der Waals surface area contributed by atoms with E-state index in [9.17, 15) is 0 Å². The summed E-state index contributed by atoms with van der Waals surface area (Å²) in [7, 11) is 0. The molecular weight excluding hydrogens is 190 g/mol. The van der Waals surface area contributed by atoms with Crippen molar-refractivity contribution in [3.8, 4) is 0 Å². The van der Waals surface area contributed by atoms with Gasteiger partial charge in [-0.05, 0) is 44.6 Å². The zero-order chi connectivity index (χ0) is 10.3. The molecule has 0 saturated carbocycles. The first-order chi connectivity index (χ1) is 7.45. The van der Waals surface area contributed by atoms with Crippen molar-refractivity contribution in [2.75, 3.05) is 32.9 Å². The summed E-state index contributed by atoms with van der Waals surface area (Å²) in [5.41, 5.74) is 0. The summed E-state index contributed by atoms with van der Waals surface area (Å²) in [6.45, 7) is 5.06. The average molecular weight is 213 g/mol. The van der Waals surface area contributed by atoms with Gasteiger partial charge in [-0.15, -0.1) is 0 Å². The Kier molecular flexibility index (Phi) is 4.90. The summed E-state index contributed by atoms with van der Waals surface area (Å²) in [4.78, 5) is 0. The smallest absolute Gasteiger partial charge is 0.0699 e. The van der Waals surface area contributed by atoms with Crippen LogP contribution in [0.5, 0.6) is 0 Å². The molecule has 0 aromatic heterocycles. The monoisotopic (exact) mass is 213 g/mol. The van der Waals surface area contributed by atoms with Crippen molar-refractivity contribution in [3.63, 3.8) is 0 Å². The van der Waals surface area contributed by atoms with Crippen molar-refractivity contribution in [2.24, 2.45) is 5.92 Å². The van der Waals surface area contributed by atoms with Crippen LogP contribution in [-0.4, -0.2) is 39.0 Å². The molecule has 88 valence electrons. The Morgan fingerprint density at radius 3 is 2.87 bits per heavy atom. The first kappa shape index (κ1) is 11.4. The molecule has 2 rings (SSSR count). The van der Waals surface area contributed by atoms with Gasteiger partial charge in [0.1, 0.15) is 0 Å². The molecule has 0 amide bonds. The molecule has 0 aromatic rings. The van der Waals surface area contributed by atoms with Gasteiger partial charge in [-0.1, -0.05) is 0 Å². The fourth-order valence-electron chi connectivity index (χ4n) is 2.35. The summed E-state index contributed by atoms with van der Waals surface area (Å²) in [6, 6.07) is 0. The number of hydrogen-bond donors (Lipinski definition) is 1. The van der Waals surface area contributed by atoms with Crippen molar-refractivity contribution >= 4 is 0 Å². The van der Waals surface area contributed by atoms with Crippen LogP contribution in [0.3, 0.4) is 0 Å². The van der Waals surface area contributed by atoms with Gasteiger partial charge in [0, 0.05) is 26.4 Å². The Morgan fingerprint density at radius 1 is 1.13 bits per heavy atom. The van der Waals surface area contributed by atoms with E-state index in [1.165, 1.54) is 32.1 Å². The second-order valence-corrected chi connectivity index (χ2v) is 4.71. The van der Waals surface area contributed by atoms with Gasteiger partial charge in [-0.2, -0.15) is 0 Å². The molecule has 1 N–H and O–H groups in total. The normalized spacial score (nSPS) is 32.0. The highest BCUT2D eigenvalue weighted by Gasteiger charge is 2.16.